The lowest BCUT2D eigenvalue weighted by atomic mass is 9.73. The molecule has 28 heavy (non-hydrogen) atoms. The molecule has 1 rings (SSSR count). The van der Waals surface area contributed by atoms with Gasteiger partial charge in [0.1, 0.15) is 6.21 Å². The predicted molar refractivity (Wildman–Crippen MR) is 94.1 cm³/mol. The van der Waals surface area contributed by atoms with E-state index >= 15 is 0 Å². The number of hydrogen-bond donors (Lipinski definition) is 2. The monoisotopic (exact) mass is 406 g/mol. The van der Waals surface area contributed by atoms with Gasteiger partial charge in [-0.3, -0.25) is 9.59 Å². The van der Waals surface area contributed by atoms with Gasteiger partial charge in [-0.25, -0.2) is 17.6 Å². The van der Waals surface area contributed by atoms with Crippen molar-refractivity contribution in [1.82, 2.24) is 0 Å². The minimum atomic E-state index is -2.71. The van der Waals surface area contributed by atoms with Crippen molar-refractivity contribution < 1.29 is 37.1 Å². The summed E-state index contributed by atoms with van der Waals surface area (Å²) < 4.78 is 56.3. The van der Waals surface area contributed by atoms with Crippen LogP contribution in [0.3, 0.4) is 0 Å². The average molecular weight is 406 g/mol. The Bertz CT molecular complexity index is 654. The molecule has 0 spiro atoms. The molecule has 0 fully saturated rings. The largest absolute Gasteiger partial charge is 0.465 e. The first-order chi connectivity index (χ1) is 13.2. The molecule has 1 aromatic rings. The van der Waals surface area contributed by atoms with Crippen LogP contribution in [0.4, 0.5) is 23.2 Å². The van der Waals surface area contributed by atoms with Crippen LogP contribution < -0.4 is 5.32 Å². The number of amides is 1. The van der Waals surface area contributed by atoms with Crippen molar-refractivity contribution >= 4 is 23.8 Å². The Morgan fingerprint density at radius 2 is 1.68 bits per heavy atom. The number of oxime groups is 1. The van der Waals surface area contributed by atoms with Gasteiger partial charge >= 0.3 is 5.97 Å². The van der Waals surface area contributed by atoms with Crippen LogP contribution in [0.15, 0.2) is 29.4 Å². The van der Waals surface area contributed by atoms with Crippen LogP contribution in [0.25, 0.3) is 0 Å². The van der Waals surface area contributed by atoms with E-state index < -0.39 is 43.0 Å². The zero-order valence-electron chi connectivity index (χ0n) is 15.2. The highest BCUT2D eigenvalue weighted by Crippen LogP contribution is 2.38. The van der Waals surface area contributed by atoms with Crippen molar-refractivity contribution in [2.75, 3.05) is 11.9 Å². The fourth-order valence-corrected chi connectivity index (χ4v) is 2.82. The maximum absolute atomic E-state index is 12.8. The summed E-state index contributed by atoms with van der Waals surface area (Å²) in [6, 6.07) is 5.55. The predicted octanol–water partition coefficient (Wildman–Crippen LogP) is 3.98. The molecule has 0 heterocycles. The third-order valence-corrected chi connectivity index (χ3v) is 4.12. The van der Waals surface area contributed by atoms with Crippen LogP contribution >= 0.6 is 0 Å². The molecule has 0 unspecified atom stereocenters. The van der Waals surface area contributed by atoms with Crippen LogP contribution in [0, 0.1) is 0 Å². The van der Waals surface area contributed by atoms with Gasteiger partial charge in [0, 0.05) is 18.5 Å². The molecule has 2 N–H and O–H groups in total. The second kappa shape index (κ2) is 11.3. The quantitative estimate of drug-likeness (QED) is 0.191. The van der Waals surface area contributed by atoms with Gasteiger partial charge in [0.15, 0.2) is 0 Å². The van der Waals surface area contributed by atoms with Crippen molar-refractivity contribution in [2.24, 2.45) is 5.16 Å². The molecule has 0 saturated carbocycles. The van der Waals surface area contributed by atoms with E-state index in [0.29, 0.717) is 6.21 Å². The highest BCUT2D eigenvalue weighted by atomic mass is 19.3. The molecule has 0 aromatic heterocycles. The molecular formula is C18H22F4N2O4. The van der Waals surface area contributed by atoms with E-state index in [9.17, 15) is 27.2 Å². The SMILES string of the molecule is CCOC(=O)C(CCC(F)F)(CCC(F)F)c1ccc(NC(=O)C=NO)cc1. The van der Waals surface area contributed by atoms with E-state index in [1.54, 1.807) is 0 Å². The molecule has 0 saturated heterocycles. The molecule has 0 atom stereocenters. The Kier molecular flexibility index (Phi) is 9.40. The summed E-state index contributed by atoms with van der Waals surface area (Å²) in [5, 5.41) is 13.3. The summed E-state index contributed by atoms with van der Waals surface area (Å²) in [6.45, 7) is 1.50. The van der Waals surface area contributed by atoms with Gasteiger partial charge in [-0.15, -0.1) is 0 Å². The smallest absolute Gasteiger partial charge is 0.316 e. The number of hydrogen-bond acceptors (Lipinski definition) is 5. The first-order valence-electron chi connectivity index (χ1n) is 8.57. The van der Waals surface area contributed by atoms with Crippen molar-refractivity contribution in [2.45, 2.75) is 50.9 Å². The molecule has 156 valence electrons. The standard InChI is InChI=1S/C18H22F4N2O4/c1-2-28-17(26)18(9-7-14(19)20,10-8-15(21)22)12-3-5-13(6-4-12)24-16(25)11-23-27/h3-6,11,14-15,27H,2,7-10H2,1H3,(H,24,25). The minimum absolute atomic E-state index is 0.0292. The molecule has 0 aliphatic rings. The minimum Gasteiger partial charge on any atom is -0.465 e. The number of carbonyl (C=O) groups is 2. The first kappa shape index (κ1) is 23.4. The van der Waals surface area contributed by atoms with Crippen LogP contribution in [0.1, 0.15) is 38.2 Å². The lowest BCUT2D eigenvalue weighted by molar-refractivity contribution is -0.151. The van der Waals surface area contributed by atoms with Crippen molar-refractivity contribution in [3.05, 3.63) is 29.8 Å². The van der Waals surface area contributed by atoms with Gasteiger partial charge < -0.3 is 15.3 Å². The fraction of sp³-hybridized carbons (Fsp3) is 0.500. The number of rotatable bonds is 11. The third kappa shape index (κ3) is 6.82. The average Bonchev–Trinajstić information content (AvgIpc) is 2.63. The van der Waals surface area contributed by atoms with Gasteiger partial charge in [0.2, 0.25) is 12.9 Å². The molecule has 0 bridgehead atoms. The third-order valence-electron chi connectivity index (χ3n) is 4.12. The normalized spacial score (nSPS) is 12.0. The number of alkyl halides is 4. The highest BCUT2D eigenvalue weighted by Gasteiger charge is 2.42. The van der Waals surface area contributed by atoms with Gasteiger partial charge in [0.25, 0.3) is 5.91 Å². The molecule has 0 aliphatic carbocycles. The molecular weight excluding hydrogens is 384 g/mol. The highest BCUT2D eigenvalue weighted by molar-refractivity contribution is 6.31. The number of carbonyl (C=O) groups excluding carboxylic acids is 2. The Morgan fingerprint density at radius 1 is 1.14 bits per heavy atom. The number of nitrogens with zero attached hydrogens (tertiary/aromatic N) is 1. The number of benzene rings is 1. The number of esters is 1. The molecule has 0 aliphatic heterocycles. The summed E-state index contributed by atoms with van der Waals surface area (Å²) in [4.78, 5) is 24.0. The fourth-order valence-electron chi connectivity index (χ4n) is 2.82. The second-order valence-corrected chi connectivity index (χ2v) is 5.97. The summed E-state index contributed by atoms with van der Waals surface area (Å²) in [6.07, 6.45) is -6.84. The lowest BCUT2D eigenvalue weighted by Gasteiger charge is -2.32. The van der Waals surface area contributed by atoms with E-state index in [4.69, 9.17) is 9.94 Å². The molecule has 6 nitrogen and oxygen atoms in total. The van der Waals surface area contributed by atoms with Crippen LogP contribution in [-0.4, -0.2) is 42.8 Å². The topological polar surface area (TPSA) is 88.0 Å². The van der Waals surface area contributed by atoms with Crippen LogP contribution in [-0.2, 0) is 19.7 Å². The van der Waals surface area contributed by atoms with Crippen molar-refractivity contribution in [1.29, 1.82) is 0 Å². The van der Waals surface area contributed by atoms with Gasteiger partial charge in [-0.05, 0) is 37.5 Å². The summed E-state index contributed by atoms with van der Waals surface area (Å²) >= 11 is 0. The van der Waals surface area contributed by atoms with Gasteiger partial charge in [0.05, 0.1) is 12.0 Å². The Balaban J connectivity index is 3.25. The zero-order valence-corrected chi connectivity index (χ0v) is 15.2. The Labute approximate surface area is 159 Å². The van der Waals surface area contributed by atoms with Gasteiger partial charge in [-0.1, -0.05) is 17.3 Å². The van der Waals surface area contributed by atoms with E-state index in [0.717, 1.165) is 0 Å². The van der Waals surface area contributed by atoms with Crippen molar-refractivity contribution in [3.63, 3.8) is 0 Å². The van der Waals surface area contributed by atoms with Gasteiger partial charge in [-0.2, -0.15) is 0 Å². The Hall–Kier alpha value is -2.65. The van der Waals surface area contributed by atoms with E-state index in [1.165, 1.54) is 31.2 Å². The van der Waals surface area contributed by atoms with E-state index in [-0.39, 0.29) is 30.7 Å². The van der Waals surface area contributed by atoms with E-state index in [2.05, 4.69) is 10.5 Å². The molecule has 0 radical (unpaired) electrons. The van der Waals surface area contributed by atoms with Crippen LogP contribution in [0.2, 0.25) is 0 Å². The molecule has 1 amide bonds. The molecule has 10 heteroatoms. The molecule has 1 aromatic carbocycles. The maximum atomic E-state index is 12.8. The summed E-state index contributed by atoms with van der Waals surface area (Å²) in [5.74, 6) is -1.57. The van der Waals surface area contributed by atoms with Crippen molar-refractivity contribution in [3.8, 4) is 0 Å². The number of halogens is 4. The number of ether oxygens (including phenoxy) is 1. The zero-order chi connectivity index (χ0) is 21.2. The maximum Gasteiger partial charge on any atom is 0.316 e. The first-order valence-corrected chi connectivity index (χ1v) is 8.57. The number of nitrogens with one attached hydrogen (secondary N) is 1. The lowest BCUT2D eigenvalue weighted by Crippen LogP contribution is -2.38. The summed E-state index contributed by atoms with van der Waals surface area (Å²) in [7, 11) is 0. The number of anilines is 1. The summed E-state index contributed by atoms with van der Waals surface area (Å²) in [5.41, 5.74) is -1.15. The Morgan fingerprint density at radius 3 is 2.11 bits per heavy atom. The van der Waals surface area contributed by atoms with Crippen LogP contribution in [0.5, 0.6) is 0 Å². The van der Waals surface area contributed by atoms with E-state index in [1.807, 2.05) is 0 Å². The second-order valence-electron chi connectivity index (χ2n) is 5.97.